The maximum absolute atomic E-state index is 13.2. The van der Waals surface area contributed by atoms with Crippen LogP contribution in [0.25, 0.3) is 0 Å². The molecule has 2 amide bonds. The molecule has 1 aromatic rings. The Labute approximate surface area is 189 Å². The highest BCUT2D eigenvalue weighted by molar-refractivity contribution is 7.98. The van der Waals surface area contributed by atoms with Gasteiger partial charge in [0.15, 0.2) is 0 Å². The van der Waals surface area contributed by atoms with Gasteiger partial charge in [-0.15, -0.1) is 0 Å². The molecule has 0 bridgehead atoms. The number of nitrogens with one attached hydrogen (secondary N) is 1. The van der Waals surface area contributed by atoms with Crippen LogP contribution in [0.1, 0.15) is 51.7 Å². The molecule has 2 saturated heterocycles. The minimum absolute atomic E-state index is 0.0364. The molecule has 2 fully saturated rings. The van der Waals surface area contributed by atoms with E-state index in [-0.39, 0.29) is 41.5 Å². The summed E-state index contributed by atoms with van der Waals surface area (Å²) in [6.45, 7) is 7.12. The fraction of sp³-hybridized carbons (Fsp3) is 0.667. The number of carbonyl (C=O) groups is 2. The molecule has 170 valence electrons. The molecular weight excluding hydrogens is 412 g/mol. The van der Waals surface area contributed by atoms with Gasteiger partial charge in [-0.25, -0.2) is 0 Å². The van der Waals surface area contributed by atoms with Crippen molar-refractivity contribution in [3.05, 3.63) is 29.8 Å². The van der Waals surface area contributed by atoms with Gasteiger partial charge in [0.25, 0.3) is 0 Å². The molecule has 4 rings (SSSR count). The van der Waals surface area contributed by atoms with Gasteiger partial charge in [0.1, 0.15) is 17.4 Å². The van der Waals surface area contributed by atoms with Crippen molar-refractivity contribution in [2.75, 3.05) is 25.1 Å². The third kappa shape index (κ3) is 4.58. The molecule has 5 atom stereocenters. The maximum Gasteiger partial charge on any atom is 0.245 e. The maximum atomic E-state index is 13.2. The molecule has 7 heteroatoms. The first-order valence-corrected chi connectivity index (χ1v) is 12.7. The van der Waals surface area contributed by atoms with Crippen LogP contribution in [-0.4, -0.2) is 59.6 Å². The lowest BCUT2D eigenvalue weighted by Crippen LogP contribution is -2.58. The molecule has 1 N–H and O–H groups in total. The summed E-state index contributed by atoms with van der Waals surface area (Å²) < 4.78 is 13.0. The van der Waals surface area contributed by atoms with Gasteiger partial charge in [0, 0.05) is 37.4 Å². The summed E-state index contributed by atoms with van der Waals surface area (Å²) in [5.74, 6) is 2.17. The Morgan fingerprint density at radius 2 is 2.10 bits per heavy atom. The first kappa shape index (κ1) is 22.5. The van der Waals surface area contributed by atoms with Gasteiger partial charge in [-0.05, 0) is 51.2 Å². The number of piperidine rings is 1. The molecule has 3 aliphatic rings. The lowest BCUT2D eigenvalue weighted by molar-refractivity contribution is -0.189. The van der Waals surface area contributed by atoms with Crippen LogP contribution in [-0.2, 0) is 14.3 Å². The lowest BCUT2D eigenvalue weighted by atomic mass is 9.70. The van der Waals surface area contributed by atoms with E-state index in [1.807, 2.05) is 29.4 Å². The number of nitrogens with zero attached hydrogens (tertiary/aromatic N) is 1. The summed E-state index contributed by atoms with van der Waals surface area (Å²) in [6, 6.07) is 7.75. The Morgan fingerprint density at radius 1 is 1.32 bits per heavy atom. The fourth-order valence-corrected chi connectivity index (χ4v) is 5.89. The Kier molecular flexibility index (Phi) is 6.54. The van der Waals surface area contributed by atoms with E-state index in [0.29, 0.717) is 19.5 Å². The van der Waals surface area contributed by atoms with E-state index in [1.54, 1.807) is 11.8 Å². The van der Waals surface area contributed by atoms with Crippen molar-refractivity contribution >= 4 is 23.6 Å². The molecule has 6 nitrogen and oxygen atoms in total. The van der Waals surface area contributed by atoms with E-state index in [1.165, 1.54) is 6.92 Å². The predicted octanol–water partition coefficient (Wildman–Crippen LogP) is 3.41. The number of hydrogen-bond acceptors (Lipinski definition) is 5. The van der Waals surface area contributed by atoms with E-state index >= 15 is 0 Å². The van der Waals surface area contributed by atoms with E-state index in [0.717, 1.165) is 29.9 Å². The third-order valence-corrected chi connectivity index (χ3v) is 7.64. The van der Waals surface area contributed by atoms with Crippen molar-refractivity contribution in [3.8, 4) is 5.75 Å². The number of amides is 2. The van der Waals surface area contributed by atoms with Gasteiger partial charge in [0.05, 0.1) is 12.2 Å². The van der Waals surface area contributed by atoms with Crippen molar-refractivity contribution in [3.63, 3.8) is 0 Å². The Morgan fingerprint density at radius 3 is 2.84 bits per heavy atom. The lowest BCUT2D eigenvalue weighted by Gasteiger charge is -2.53. The summed E-state index contributed by atoms with van der Waals surface area (Å²) in [5, 5.41) is 2.86. The topological polar surface area (TPSA) is 67.9 Å². The standard InChI is InChI=1S/C24H34N2O4S/c1-15(27)25-19(10-12-31-4)23(28)26-11-9-20-16(14-26)13-18-22(29-20)17-7-5-6-8-21(17)30-24(18,2)3/h5-8,16,18-20,22H,9-14H2,1-4H3,(H,25,27)/t16-,18+,19+,20+,22-/m1/s1. The molecular formula is C24H34N2O4S. The minimum Gasteiger partial charge on any atom is -0.487 e. The Bertz CT molecular complexity index is 830. The van der Waals surface area contributed by atoms with Gasteiger partial charge >= 0.3 is 0 Å². The van der Waals surface area contributed by atoms with Crippen LogP contribution in [0.15, 0.2) is 24.3 Å². The first-order valence-electron chi connectivity index (χ1n) is 11.3. The number of hydrogen-bond donors (Lipinski definition) is 1. The number of carbonyl (C=O) groups excluding carboxylic acids is 2. The van der Waals surface area contributed by atoms with Crippen molar-refractivity contribution in [2.24, 2.45) is 11.8 Å². The molecule has 31 heavy (non-hydrogen) atoms. The van der Waals surface area contributed by atoms with E-state index in [2.05, 4.69) is 25.2 Å². The van der Waals surface area contributed by atoms with Crippen molar-refractivity contribution in [1.29, 1.82) is 0 Å². The van der Waals surface area contributed by atoms with Crippen LogP contribution >= 0.6 is 11.8 Å². The van der Waals surface area contributed by atoms with E-state index in [9.17, 15) is 9.59 Å². The highest BCUT2D eigenvalue weighted by Gasteiger charge is 2.51. The Balaban J connectivity index is 1.48. The SMILES string of the molecule is CSCC[C@H](NC(C)=O)C(=O)N1CC[C@@H]2O[C@@H]3c4ccccc4OC(C)(C)[C@H]3C[C@@H]2C1. The van der Waals surface area contributed by atoms with Gasteiger partial charge < -0.3 is 19.7 Å². The second-order valence-electron chi connectivity index (χ2n) is 9.55. The van der Waals surface area contributed by atoms with E-state index < -0.39 is 6.04 Å². The van der Waals surface area contributed by atoms with Crippen molar-refractivity contribution < 1.29 is 19.1 Å². The molecule has 0 aromatic heterocycles. The first-order chi connectivity index (χ1) is 14.8. The van der Waals surface area contributed by atoms with Gasteiger partial charge in [0.2, 0.25) is 11.8 Å². The fourth-order valence-electron chi connectivity index (χ4n) is 5.41. The summed E-state index contributed by atoms with van der Waals surface area (Å²) in [6.07, 6.45) is 4.66. The number of para-hydroxylation sites is 1. The van der Waals surface area contributed by atoms with E-state index in [4.69, 9.17) is 9.47 Å². The highest BCUT2D eigenvalue weighted by atomic mass is 32.2. The number of thioether (sulfide) groups is 1. The van der Waals surface area contributed by atoms with Crippen molar-refractivity contribution in [1.82, 2.24) is 10.2 Å². The van der Waals surface area contributed by atoms with Gasteiger partial charge in [-0.3, -0.25) is 9.59 Å². The molecule has 1 aromatic carbocycles. The summed E-state index contributed by atoms with van der Waals surface area (Å²) in [4.78, 5) is 26.8. The summed E-state index contributed by atoms with van der Waals surface area (Å²) >= 11 is 1.69. The smallest absolute Gasteiger partial charge is 0.245 e. The average molecular weight is 447 g/mol. The number of ether oxygens (including phenoxy) is 2. The summed E-state index contributed by atoms with van der Waals surface area (Å²) in [7, 11) is 0. The highest BCUT2D eigenvalue weighted by Crippen LogP contribution is 2.52. The minimum atomic E-state index is -0.444. The van der Waals surface area contributed by atoms with Gasteiger partial charge in [-0.2, -0.15) is 11.8 Å². The number of rotatable bonds is 5. The van der Waals surface area contributed by atoms with Gasteiger partial charge in [-0.1, -0.05) is 18.2 Å². The Hall–Kier alpha value is -1.73. The summed E-state index contributed by atoms with van der Waals surface area (Å²) in [5.41, 5.74) is 0.819. The van der Waals surface area contributed by atoms with Crippen LogP contribution in [0.4, 0.5) is 0 Å². The predicted molar refractivity (Wildman–Crippen MR) is 122 cm³/mol. The van der Waals surface area contributed by atoms with Crippen molar-refractivity contribution in [2.45, 2.75) is 63.9 Å². The molecule has 3 aliphatic heterocycles. The molecule has 0 radical (unpaired) electrons. The second-order valence-corrected chi connectivity index (χ2v) is 10.5. The molecule has 3 heterocycles. The molecule has 0 spiro atoms. The molecule has 0 unspecified atom stereocenters. The number of benzene rings is 1. The third-order valence-electron chi connectivity index (χ3n) is 7.00. The van der Waals surface area contributed by atoms with Crippen LogP contribution in [0.5, 0.6) is 5.75 Å². The quantitative estimate of drug-likeness (QED) is 0.751. The zero-order chi connectivity index (χ0) is 22.2. The zero-order valence-corrected chi connectivity index (χ0v) is 19.7. The monoisotopic (exact) mass is 446 g/mol. The number of fused-ring (bicyclic) bond motifs is 4. The normalized spacial score (nSPS) is 29.6. The molecule has 0 aliphatic carbocycles. The van der Waals surface area contributed by atoms with Crippen LogP contribution in [0.3, 0.4) is 0 Å². The zero-order valence-electron chi connectivity index (χ0n) is 18.9. The van der Waals surface area contributed by atoms with Crippen LogP contribution in [0, 0.1) is 11.8 Å². The average Bonchev–Trinajstić information content (AvgIpc) is 2.74. The largest absolute Gasteiger partial charge is 0.487 e. The number of likely N-dealkylation sites (tertiary alicyclic amines) is 1. The van der Waals surface area contributed by atoms with Crippen LogP contribution < -0.4 is 10.1 Å². The second kappa shape index (κ2) is 9.02. The van der Waals surface area contributed by atoms with Crippen LogP contribution in [0.2, 0.25) is 0 Å². The molecule has 0 saturated carbocycles.